The first-order valence-electron chi connectivity index (χ1n) is 17.0. The minimum atomic E-state index is 1.10. The molecular weight excluding hydrogens is 607 g/mol. The largest absolute Gasteiger partial charge is 0.310 e. The zero-order valence-electron chi connectivity index (χ0n) is 27.4. The number of aromatic nitrogens is 2. The van der Waals surface area contributed by atoms with Crippen LogP contribution in [-0.2, 0) is 0 Å². The van der Waals surface area contributed by atoms with Gasteiger partial charge in [-0.05, 0) is 100 Å². The van der Waals surface area contributed by atoms with Gasteiger partial charge in [0.05, 0.1) is 16.7 Å². The number of benzene rings is 7. The summed E-state index contributed by atoms with van der Waals surface area (Å²) < 4.78 is 2.39. The molecule has 9 rings (SSSR count). The molecule has 9 aromatic rings. The molecule has 7 aromatic carbocycles. The van der Waals surface area contributed by atoms with E-state index in [4.69, 9.17) is 0 Å². The summed E-state index contributed by atoms with van der Waals surface area (Å²) in [5.74, 6) is 0. The summed E-state index contributed by atoms with van der Waals surface area (Å²) in [5, 5.41) is 2.42. The van der Waals surface area contributed by atoms with Gasteiger partial charge in [0.1, 0.15) is 0 Å². The van der Waals surface area contributed by atoms with Crippen LogP contribution in [0, 0.1) is 0 Å². The van der Waals surface area contributed by atoms with E-state index in [1.54, 1.807) is 0 Å². The first-order chi connectivity index (χ1) is 24.8. The molecule has 0 spiro atoms. The maximum atomic E-state index is 4.19. The zero-order chi connectivity index (χ0) is 33.3. The van der Waals surface area contributed by atoms with Crippen LogP contribution in [0.4, 0.5) is 17.1 Å². The topological polar surface area (TPSA) is 21.1 Å². The normalized spacial score (nSPS) is 11.2. The van der Waals surface area contributed by atoms with Gasteiger partial charge in [-0.1, -0.05) is 121 Å². The predicted octanol–water partition coefficient (Wildman–Crippen LogP) is 12.6. The summed E-state index contributed by atoms with van der Waals surface area (Å²) in [5.41, 5.74) is 13.9. The van der Waals surface area contributed by atoms with Crippen molar-refractivity contribution in [2.75, 3.05) is 4.90 Å². The highest BCUT2D eigenvalue weighted by Gasteiger charge is 2.21. The number of nitrogens with zero attached hydrogens (tertiary/aromatic N) is 3. The second-order valence-electron chi connectivity index (χ2n) is 12.5. The van der Waals surface area contributed by atoms with Crippen LogP contribution in [0.1, 0.15) is 0 Å². The van der Waals surface area contributed by atoms with Gasteiger partial charge in [0.2, 0.25) is 0 Å². The summed E-state index contributed by atoms with van der Waals surface area (Å²) >= 11 is 0. The highest BCUT2D eigenvalue weighted by atomic mass is 15.1. The molecule has 50 heavy (non-hydrogen) atoms. The minimum absolute atomic E-state index is 1.10. The van der Waals surface area contributed by atoms with Crippen LogP contribution >= 0.6 is 0 Å². The highest BCUT2D eigenvalue weighted by Crippen LogP contribution is 2.44. The van der Waals surface area contributed by atoms with Crippen LogP contribution in [0.25, 0.3) is 60.9 Å². The molecule has 0 saturated carbocycles. The van der Waals surface area contributed by atoms with Crippen LogP contribution < -0.4 is 4.90 Å². The summed E-state index contributed by atoms with van der Waals surface area (Å²) in [7, 11) is 0. The molecule has 2 heterocycles. The monoisotopic (exact) mass is 639 g/mol. The van der Waals surface area contributed by atoms with Crippen molar-refractivity contribution in [1.29, 1.82) is 0 Å². The molecule has 3 nitrogen and oxygen atoms in total. The molecule has 236 valence electrons. The van der Waals surface area contributed by atoms with Crippen molar-refractivity contribution in [1.82, 2.24) is 9.55 Å². The molecular formula is C47H33N3. The van der Waals surface area contributed by atoms with Gasteiger partial charge in [-0.15, -0.1) is 0 Å². The van der Waals surface area contributed by atoms with E-state index >= 15 is 0 Å². The van der Waals surface area contributed by atoms with E-state index in [1.165, 1.54) is 44.1 Å². The van der Waals surface area contributed by atoms with Crippen molar-refractivity contribution >= 4 is 38.9 Å². The molecule has 0 bridgehead atoms. The van der Waals surface area contributed by atoms with Gasteiger partial charge in [-0.3, -0.25) is 4.98 Å². The van der Waals surface area contributed by atoms with E-state index in [0.717, 1.165) is 33.8 Å². The zero-order valence-corrected chi connectivity index (χ0v) is 27.4. The number of fused-ring (bicyclic) bond motifs is 3. The van der Waals surface area contributed by atoms with Gasteiger partial charge in [0.15, 0.2) is 0 Å². The molecule has 0 amide bonds. The van der Waals surface area contributed by atoms with Crippen LogP contribution in [0.3, 0.4) is 0 Å². The highest BCUT2D eigenvalue weighted by molar-refractivity contribution is 6.16. The molecule has 0 aliphatic rings. The maximum absolute atomic E-state index is 4.19. The lowest BCUT2D eigenvalue weighted by molar-refractivity contribution is 1.18. The Morgan fingerprint density at radius 2 is 0.820 bits per heavy atom. The van der Waals surface area contributed by atoms with Crippen LogP contribution in [0.5, 0.6) is 0 Å². The Hall–Kier alpha value is -6.71. The average molecular weight is 640 g/mol. The Morgan fingerprint density at radius 1 is 0.360 bits per heavy atom. The second-order valence-corrected chi connectivity index (χ2v) is 12.5. The van der Waals surface area contributed by atoms with Gasteiger partial charge in [-0.2, -0.15) is 0 Å². The van der Waals surface area contributed by atoms with E-state index in [1.807, 2.05) is 12.4 Å². The summed E-state index contributed by atoms with van der Waals surface area (Å²) in [6, 6.07) is 67.3. The molecule has 0 atom stereocenters. The van der Waals surface area contributed by atoms with Crippen molar-refractivity contribution in [3.8, 4) is 39.1 Å². The fourth-order valence-corrected chi connectivity index (χ4v) is 7.11. The van der Waals surface area contributed by atoms with Gasteiger partial charge in [-0.25, -0.2) is 0 Å². The first-order valence-corrected chi connectivity index (χ1v) is 17.0. The smallest absolute Gasteiger partial charge is 0.0562 e. The molecule has 2 aromatic heterocycles. The van der Waals surface area contributed by atoms with Crippen molar-refractivity contribution in [3.63, 3.8) is 0 Å². The number of rotatable bonds is 7. The van der Waals surface area contributed by atoms with Crippen LogP contribution in [0.15, 0.2) is 200 Å². The third-order valence-electron chi connectivity index (χ3n) is 9.52. The molecule has 3 heteroatoms. The number of hydrogen-bond acceptors (Lipinski definition) is 2. The summed E-state index contributed by atoms with van der Waals surface area (Å²) in [4.78, 5) is 6.59. The van der Waals surface area contributed by atoms with Gasteiger partial charge < -0.3 is 9.47 Å². The lowest BCUT2D eigenvalue weighted by atomic mass is 10.0. The quantitative estimate of drug-likeness (QED) is 0.173. The average Bonchev–Trinajstić information content (AvgIpc) is 3.55. The summed E-state index contributed by atoms with van der Waals surface area (Å²) in [6.07, 6.45) is 3.68. The van der Waals surface area contributed by atoms with Crippen molar-refractivity contribution in [2.45, 2.75) is 0 Å². The van der Waals surface area contributed by atoms with E-state index in [9.17, 15) is 0 Å². The first kappa shape index (κ1) is 29.4. The van der Waals surface area contributed by atoms with Crippen LogP contribution in [-0.4, -0.2) is 9.55 Å². The van der Waals surface area contributed by atoms with Crippen LogP contribution in [0.2, 0.25) is 0 Å². The molecule has 0 radical (unpaired) electrons. The number of pyridine rings is 1. The number of hydrogen-bond donors (Lipinski definition) is 0. The van der Waals surface area contributed by atoms with Gasteiger partial charge in [0, 0.05) is 40.2 Å². The molecule has 0 aliphatic carbocycles. The molecule has 0 aliphatic heterocycles. The van der Waals surface area contributed by atoms with Crippen molar-refractivity contribution in [3.05, 3.63) is 200 Å². The minimum Gasteiger partial charge on any atom is -0.310 e. The fraction of sp³-hybridized carbons (Fsp3) is 0. The SMILES string of the molecule is c1ccc(-c2ccc(N(c3ccc(-c4ccccc4)cc3)c3cccc4c3c3ccccc3n4-c3ccc(-c4ccncc4)cc3)cc2)cc1. The lowest BCUT2D eigenvalue weighted by Crippen LogP contribution is -2.10. The maximum Gasteiger partial charge on any atom is 0.0562 e. The van der Waals surface area contributed by atoms with E-state index in [2.05, 4.69) is 203 Å². The molecule has 0 saturated heterocycles. The predicted molar refractivity (Wildman–Crippen MR) is 210 cm³/mol. The van der Waals surface area contributed by atoms with E-state index in [0.29, 0.717) is 0 Å². The molecule has 0 fully saturated rings. The fourth-order valence-electron chi connectivity index (χ4n) is 7.11. The Morgan fingerprint density at radius 3 is 1.40 bits per heavy atom. The Bertz CT molecular complexity index is 2450. The molecule has 0 unspecified atom stereocenters. The lowest BCUT2D eigenvalue weighted by Gasteiger charge is -2.27. The second kappa shape index (κ2) is 12.7. The third-order valence-corrected chi connectivity index (χ3v) is 9.52. The summed E-state index contributed by atoms with van der Waals surface area (Å²) in [6.45, 7) is 0. The van der Waals surface area contributed by atoms with E-state index < -0.39 is 0 Å². The van der Waals surface area contributed by atoms with E-state index in [-0.39, 0.29) is 0 Å². The van der Waals surface area contributed by atoms with Crippen molar-refractivity contribution in [2.24, 2.45) is 0 Å². The molecule has 0 N–H and O–H groups in total. The third kappa shape index (κ3) is 5.32. The van der Waals surface area contributed by atoms with Gasteiger partial charge in [0.25, 0.3) is 0 Å². The Labute approximate surface area is 292 Å². The standard InChI is InChI=1S/C47H33N3/c1-3-10-34(11-4-1)36-18-24-40(25-19-36)49(41-26-20-37(21-27-41)35-12-5-2-6-13-35)45-16-9-17-46-47(45)43-14-7-8-15-44(43)50(46)42-28-22-38(23-29-42)39-30-32-48-33-31-39/h1-33H. The Kier molecular flexibility index (Phi) is 7.49. The Balaban J connectivity index is 1.22. The van der Waals surface area contributed by atoms with Crippen molar-refractivity contribution < 1.29 is 0 Å². The van der Waals surface area contributed by atoms with Gasteiger partial charge >= 0.3 is 0 Å². The number of para-hydroxylation sites is 1. The number of anilines is 3.